The van der Waals surface area contributed by atoms with E-state index in [-0.39, 0.29) is 5.91 Å². The molecule has 2 aromatic carbocycles. The Balaban J connectivity index is 1.62. The third kappa shape index (κ3) is 4.71. The highest BCUT2D eigenvalue weighted by molar-refractivity contribution is 5.97. The highest BCUT2D eigenvalue weighted by Gasteiger charge is 2.19. The SMILES string of the molecule is Cc1ccc(NC(=O)C(C)OC(=O)c2ccc(-c3nc(C)c(C)[nH]3)cc2)cc1C. The Morgan fingerprint density at radius 3 is 2.28 bits per heavy atom. The van der Waals surface area contributed by atoms with Gasteiger partial charge in [-0.1, -0.05) is 18.2 Å². The third-order valence-corrected chi connectivity index (χ3v) is 4.95. The van der Waals surface area contributed by atoms with Gasteiger partial charge in [0.25, 0.3) is 5.91 Å². The van der Waals surface area contributed by atoms with E-state index in [4.69, 9.17) is 4.74 Å². The molecule has 1 aromatic heterocycles. The Bertz CT molecular complexity index is 1030. The van der Waals surface area contributed by atoms with Crippen molar-refractivity contribution in [2.24, 2.45) is 0 Å². The van der Waals surface area contributed by atoms with Gasteiger partial charge in [0.15, 0.2) is 6.10 Å². The van der Waals surface area contributed by atoms with Crippen LogP contribution in [0.1, 0.15) is 39.8 Å². The number of aryl methyl sites for hydroxylation is 4. The van der Waals surface area contributed by atoms with Crippen molar-refractivity contribution >= 4 is 17.6 Å². The van der Waals surface area contributed by atoms with Crippen molar-refractivity contribution in [1.29, 1.82) is 0 Å². The molecule has 0 radical (unpaired) electrons. The minimum Gasteiger partial charge on any atom is -0.449 e. The standard InChI is InChI=1S/C23H25N3O3/c1-13-6-11-20(12-14(13)2)26-22(27)17(5)29-23(28)19-9-7-18(8-10-19)21-24-15(3)16(4)25-21/h6-12,17H,1-5H3,(H,24,25)(H,26,27). The number of esters is 1. The average molecular weight is 391 g/mol. The maximum absolute atomic E-state index is 12.4. The summed E-state index contributed by atoms with van der Waals surface area (Å²) in [5, 5.41) is 2.78. The van der Waals surface area contributed by atoms with E-state index in [0.717, 1.165) is 33.9 Å². The lowest BCUT2D eigenvalue weighted by Crippen LogP contribution is -2.30. The fraction of sp³-hybridized carbons (Fsp3) is 0.261. The van der Waals surface area contributed by atoms with E-state index in [9.17, 15) is 9.59 Å². The smallest absolute Gasteiger partial charge is 0.338 e. The summed E-state index contributed by atoms with van der Waals surface area (Å²) in [6.07, 6.45) is -0.917. The van der Waals surface area contributed by atoms with Crippen LogP contribution in [-0.2, 0) is 9.53 Å². The highest BCUT2D eigenvalue weighted by Crippen LogP contribution is 2.19. The predicted octanol–water partition coefficient (Wildman–Crippen LogP) is 4.49. The second kappa shape index (κ2) is 8.31. The van der Waals surface area contributed by atoms with Gasteiger partial charge in [0.1, 0.15) is 5.82 Å². The van der Waals surface area contributed by atoms with E-state index in [1.54, 1.807) is 31.2 Å². The summed E-state index contributed by atoms with van der Waals surface area (Å²) in [6, 6.07) is 12.6. The molecule has 150 valence electrons. The lowest BCUT2D eigenvalue weighted by Gasteiger charge is -2.14. The highest BCUT2D eigenvalue weighted by atomic mass is 16.5. The molecule has 0 spiro atoms. The Kier molecular flexibility index (Phi) is 5.82. The minimum atomic E-state index is -0.917. The van der Waals surface area contributed by atoms with E-state index in [2.05, 4.69) is 15.3 Å². The molecule has 0 fully saturated rings. The number of aromatic amines is 1. The van der Waals surface area contributed by atoms with Gasteiger partial charge < -0.3 is 15.0 Å². The fourth-order valence-corrected chi connectivity index (χ4v) is 2.79. The summed E-state index contributed by atoms with van der Waals surface area (Å²) in [5.41, 5.74) is 6.09. The van der Waals surface area contributed by atoms with Crippen molar-refractivity contribution in [1.82, 2.24) is 9.97 Å². The normalized spacial score (nSPS) is 11.8. The van der Waals surface area contributed by atoms with Crippen LogP contribution in [0.4, 0.5) is 5.69 Å². The summed E-state index contributed by atoms with van der Waals surface area (Å²) in [6.45, 7) is 9.43. The quantitative estimate of drug-likeness (QED) is 0.628. The molecular formula is C23H25N3O3. The number of nitrogens with one attached hydrogen (secondary N) is 2. The van der Waals surface area contributed by atoms with Crippen molar-refractivity contribution in [3.8, 4) is 11.4 Å². The predicted molar refractivity (Wildman–Crippen MR) is 113 cm³/mol. The molecule has 3 rings (SSSR count). The molecule has 0 bridgehead atoms. The van der Waals surface area contributed by atoms with Crippen LogP contribution >= 0.6 is 0 Å². The van der Waals surface area contributed by atoms with Gasteiger partial charge in [0.05, 0.1) is 11.3 Å². The van der Waals surface area contributed by atoms with Crippen LogP contribution in [0.5, 0.6) is 0 Å². The van der Waals surface area contributed by atoms with Gasteiger partial charge >= 0.3 is 5.97 Å². The molecule has 0 saturated heterocycles. The number of rotatable bonds is 5. The maximum Gasteiger partial charge on any atom is 0.338 e. The number of benzene rings is 2. The van der Waals surface area contributed by atoms with E-state index in [1.807, 2.05) is 45.9 Å². The van der Waals surface area contributed by atoms with Gasteiger partial charge in [-0.05, 0) is 70.0 Å². The lowest BCUT2D eigenvalue weighted by atomic mass is 10.1. The number of nitrogens with zero attached hydrogens (tertiary/aromatic N) is 1. The number of carbonyl (C=O) groups excluding carboxylic acids is 2. The number of ether oxygens (including phenoxy) is 1. The van der Waals surface area contributed by atoms with Gasteiger partial charge in [-0.3, -0.25) is 4.79 Å². The number of aromatic nitrogens is 2. The minimum absolute atomic E-state index is 0.375. The van der Waals surface area contributed by atoms with Crippen molar-refractivity contribution in [3.05, 3.63) is 70.5 Å². The average Bonchev–Trinajstić information content (AvgIpc) is 3.03. The van der Waals surface area contributed by atoms with E-state index in [0.29, 0.717) is 11.3 Å². The van der Waals surface area contributed by atoms with Crippen LogP contribution < -0.4 is 5.32 Å². The summed E-state index contributed by atoms with van der Waals surface area (Å²) in [5.74, 6) is -0.174. The molecule has 1 amide bonds. The van der Waals surface area contributed by atoms with Gasteiger partial charge in [-0.2, -0.15) is 0 Å². The number of imidazole rings is 1. The van der Waals surface area contributed by atoms with Crippen LogP contribution in [0.15, 0.2) is 42.5 Å². The zero-order valence-electron chi connectivity index (χ0n) is 17.3. The first kappa shape index (κ1) is 20.3. The molecule has 6 heteroatoms. The van der Waals surface area contributed by atoms with Crippen LogP contribution in [0.3, 0.4) is 0 Å². The largest absolute Gasteiger partial charge is 0.449 e. The van der Waals surface area contributed by atoms with Crippen molar-refractivity contribution < 1.29 is 14.3 Å². The number of H-pyrrole nitrogens is 1. The molecular weight excluding hydrogens is 366 g/mol. The zero-order chi connectivity index (χ0) is 21.1. The molecule has 1 heterocycles. The van der Waals surface area contributed by atoms with Crippen LogP contribution in [0, 0.1) is 27.7 Å². The molecule has 6 nitrogen and oxygen atoms in total. The Morgan fingerprint density at radius 2 is 1.69 bits per heavy atom. The van der Waals surface area contributed by atoms with Crippen molar-refractivity contribution in [3.63, 3.8) is 0 Å². The lowest BCUT2D eigenvalue weighted by molar-refractivity contribution is -0.123. The first-order valence-corrected chi connectivity index (χ1v) is 9.47. The number of hydrogen-bond donors (Lipinski definition) is 2. The monoisotopic (exact) mass is 391 g/mol. The first-order chi connectivity index (χ1) is 13.7. The number of hydrogen-bond acceptors (Lipinski definition) is 4. The van der Waals surface area contributed by atoms with Crippen LogP contribution in [-0.4, -0.2) is 27.9 Å². The van der Waals surface area contributed by atoms with Gasteiger partial charge in [0.2, 0.25) is 0 Å². The second-order valence-electron chi connectivity index (χ2n) is 7.21. The number of carbonyl (C=O) groups is 2. The van der Waals surface area contributed by atoms with Crippen molar-refractivity contribution in [2.75, 3.05) is 5.32 Å². The second-order valence-corrected chi connectivity index (χ2v) is 7.21. The zero-order valence-corrected chi connectivity index (χ0v) is 17.3. The summed E-state index contributed by atoms with van der Waals surface area (Å²) in [7, 11) is 0. The third-order valence-electron chi connectivity index (χ3n) is 4.95. The molecule has 0 saturated carbocycles. The maximum atomic E-state index is 12.4. The van der Waals surface area contributed by atoms with Gasteiger partial charge in [0, 0.05) is 16.9 Å². The van der Waals surface area contributed by atoms with E-state index >= 15 is 0 Å². The molecule has 0 aliphatic carbocycles. The summed E-state index contributed by atoms with van der Waals surface area (Å²) in [4.78, 5) is 32.4. The van der Waals surface area contributed by atoms with Gasteiger partial charge in [-0.25, -0.2) is 9.78 Å². The molecule has 29 heavy (non-hydrogen) atoms. The molecule has 2 N–H and O–H groups in total. The molecule has 0 aliphatic rings. The molecule has 1 unspecified atom stereocenters. The Morgan fingerprint density at radius 1 is 1.00 bits per heavy atom. The van der Waals surface area contributed by atoms with Crippen LogP contribution in [0.25, 0.3) is 11.4 Å². The summed E-state index contributed by atoms with van der Waals surface area (Å²) >= 11 is 0. The molecule has 3 aromatic rings. The summed E-state index contributed by atoms with van der Waals surface area (Å²) < 4.78 is 5.32. The van der Waals surface area contributed by atoms with Crippen LogP contribution in [0.2, 0.25) is 0 Å². The first-order valence-electron chi connectivity index (χ1n) is 9.47. The van der Waals surface area contributed by atoms with E-state index < -0.39 is 12.1 Å². The number of amides is 1. The van der Waals surface area contributed by atoms with Gasteiger partial charge in [-0.15, -0.1) is 0 Å². The number of anilines is 1. The Labute approximate surface area is 170 Å². The Hall–Kier alpha value is -3.41. The molecule has 1 atom stereocenters. The fourth-order valence-electron chi connectivity index (χ4n) is 2.79. The van der Waals surface area contributed by atoms with Crippen molar-refractivity contribution in [2.45, 2.75) is 40.7 Å². The van der Waals surface area contributed by atoms with E-state index in [1.165, 1.54) is 0 Å². The molecule has 0 aliphatic heterocycles. The topological polar surface area (TPSA) is 84.1 Å².